The number of aryl methyl sites for hydroxylation is 1. The number of benzene rings is 1. The highest BCUT2D eigenvalue weighted by Crippen LogP contribution is 2.33. The standard InChI is InChI=1S/C19H19ClF3N3/c1-25(2)9-5-6-13-12-26(17-8-4-3-7-15(13)17)18-16(20)10-14(11-24-18)19(21,22)23/h3-4,7-8,10-12H,5-6,9H2,1-2H3. The molecule has 3 aromatic rings. The molecule has 1 aromatic carbocycles. The van der Waals surface area contributed by atoms with Crippen molar-refractivity contribution in [3.63, 3.8) is 0 Å². The summed E-state index contributed by atoms with van der Waals surface area (Å²) in [6.07, 6.45) is 0.119. The van der Waals surface area contributed by atoms with Gasteiger partial charge >= 0.3 is 6.18 Å². The van der Waals surface area contributed by atoms with E-state index < -0.39 is 11.7 Å². The van der Waals surface area contributed by atoms with Crippen LogP contribution in [-0.4, -0.2) is 35.1 Å². The maximum atomic E-state index is 12.9. The van der Waals surface area contributed by atoms with Gasteiger partial charge < -0.3 is 4.90 Å². The molecule has 2 aromatic heterocycles. The fraction of sp³-hybridized carbons (Fsp3) is 0.316. The first-order valence-corrected chi connectivity index (χ1v) is 8.62. The molecule has 0 N–H and O–H groups in total. The Kier molecular flexibility index (Phi) is 5.25. The van der Waals surface area contributed by atoms with Gasteiger partial charge in [0, 0.05) is 17.8 Å². The highest BCUT2D eigenvalue weighted by molar-refractivity contribution is 6.32. The van der Waals surface area contributed by atoms with Crippen molar-refractivity contribution in [3.8, 4) is 5.82 Å². The van der Waals surface area contributed by atoms with E-state index in [-0.39, 0.29) is 5.02 Å². The molecule has 0 unspecified atom stereocenters. The maximum Gasteiger partial charge on any atom is 0.417 e. The maximum absolute atomic E-state index is 12.9. The molecular formula is C19H19ClF3N3. The second-order valence-corrected chi connectivity index (χ2v) is 6.88. The van der Waals surface area contributed by atoms with Crippen LogP contribution in [0, 0.1) is 0 Å². The second-order valence-electron chi connectivity index (χ2n) is 6.48. The van der Waals surface area contributed by atoms with Gasteiger partial charge in [-0.05, 0) is 51.2 Å². The number of alkyl halides is 3. The Balaban J connectivity index is 2.03. The van der Waals surface area contributed by atoms with Crippen molar-refractivity contribution < 1.29 is 13.2 Å². The summed E-state index contributed by atoms with van der Waals surface area (Å²) in [6, 6.07) is 8.68. The number of hydrogen-bond donors (Lipinski definition) is 0. The second kappa shape index (κ2) is 7.29. The number of fused-ring (bicyclic) bond motifs is 1. The van der Waals surface area contributed by atoms with Crippen LogP contribution in [0.3, 0.4) is 0 Å². The predicted octanol–water partition coefficient (Wildman–Crippen LogP) is 5.19. The Labute approximate surface area is 155 Å². The third-order valence-corrected chi connectivity index (χ3v) is 4.50. The lowest BCUT2D eigenvalue weighted by Crippen LogP contribution is -2.13. The molecule has 26 heavy (non-hydrogen) atoms. The zero-order valence-electron chi connectivity index (χ0n) is 14.5. The summed E-state index contributed by atoms with van der Waals surface area (Å²) >= 11 is 6.14. The van der Waals surface area contributed by atoms with E-state index in [4.69, 9.17) is 11.6 Å². The predicted molar refractivity (Wildman–Crippen MR) is 98.0 cm³/mol. The van der Waals surface area contributed by atoms with E-state index in [9.17, 15) is 13.2 Å². The minimum atomic E-state index is -4.47. The number of nitrogens with zero attached hydrogens (tertiary/aromatic N) is 3. The number of halogens is 4. The lowest BCUT2D eigenvalue weighted by atomic mass is 10.1. The number of rotatable bonds is 5. The molecule has 3 rings (SSSR count). The number of hydrogen-bond acceptors (Lipinski definition) is 2. The van der Waals surface area contributed by atoms with Gasteiger partial charge in [0.15, 0.2) is 5.82 Å². The van der Waals surface area contributed by atoms with Crippen LogP contribution in [-0.2, 0) is 12.6 Å². The van der Waals surface area contributed by atoms with E-state index in [1.165, 1.54) is 0 Å². The molecule has 0 saturated carbocycles. The van der Waals surface area contributed by atoms with Crippen LogP contribution in [0.1, 0.15) is 17.5 Å². The van der Waals surface area contributed by atoms with Crippen LogP contribution >= 0.6 is 11.6 Å². The average molecular weight is 382 g/mol. The summed E-state index contributed by atoms with van der Waals surface area (Å²) in [4.78, 5) is 6.11. The van der Waals surface area contributed by atoms with Gasteiger partial charge in [-0.2, -0.15) is 13.2 Å². The van der Waals surface area contributed by atoms with Crippen molar-refractivity contribution >= 4 is 22.5 Å². The molecule has 3 nitrogen and oxygen atoms in total. The zero-order valence-corrected chi connectivity index (χ0v) is 15.3. The molecule has 0 amide bonds. The van der Waals surface area contributed by atoms with Crippen molar-refractivity contribution in [1.29, 1.82) is 0 Å². The largest absolute Gasteiger partial charge is 0.417 e. The van der Waals surface area contributed by atoms with Crippen LogP contribution in [0.5, 0.6) is 0 Å². The Bertz CT molecular complexity index is 916. The molecule has 0 spiro atoms. The fourth-order valence-electron chi connectivity index (χ4n) is 2.97. The van der Waals surface area contributed by atoms with Crippen LogP contribution in [0.25, 0.3) is 16.7 Å². The molecule has 138 valence electrons. The number of para-hydroxylation sites is 1. The normalized spacial score (nSPS) is 12.3. The summed E-state index contributed by atoms with van der Waals surface area (Å²) < 4.78 is 40.3. The van der Waals surface area contributed by atoms with E-state index in [2.05, 4.69) is 9.88 Å². The Morgan fingerprint density at radius 2 is 1.92 bits per heavy atom. The lowest BCUT2D eigenvalue weighted by molar-refractivity contribution is -0.137. The lowest BCUT2D eigenvalue weighted by Gasteiger charge is -2.10. The van der Waals surface area contributed by atoms with Crippen molar-refractivity contribution in [1.82, 2.24) is 14.5 Å². The summed E-state index contributed by atoms with van der Waals surface area (Å²) in [5.74, 6) is 0.301. The Morgan fingerprint density at radius 1 is 1.19 bits per heavy atom. The Morgan fingerprint density at radius 3 is 2.58 bits per heavy atom. The van der Waals surface area contributed by atoms with E-state index in [1.54, 1.807) is 4.57 Å². The fourth-order valence-corrected chi connectivity index (χ4v) is 3.23. The van der Waals surface area contributed by atoms with Gasteiger partial charge in [-0.25, -0.2) is 4.98 Å². The van der Waals surface area contributed by atoms with E-state index in [0.717, 1.165) is 48.1 Å². The van der Waals surface area contributed by atoms with Gasteiger partial charge in [0.25, 0.3) is 0 Å². The number of pyridine rings is 1. The summed E-state index contributed by atoms with van der Waals surface area (Å²) in [6.45, 7) is 0.957. The summed E-state index contributed by atoms with van der Waals surface area (Å²) in [5, 5.41) is 1.03. The SMILES string of the molecule is CN(C)CCCc1cn(-c2ncc(C(F)(F)F)cc2Cl)c2ccccc12. The molecule has 0 radical (unpaired) electrons. The molecule has 0 aliphatic carbocycles. The van der Waals surface area contributed by atoms with Crippen molar-refractivity contribution in [2.45, 2.75) is 19.0 Å². The molecule has 7 heteroatoms. The van der Waals surface area contributed by atoms with Gasteiger partial charge in [-0.1, -0.05) is 29.8 Å². The van der Waals surface area contributed by atoms with Crippen molar-refractivity contribution in [2.24, 2.45) is 0 Å². The molecule has 0 saturated heterocycles. The average Bonchev–Trinajstić information content (AvgIpc) is 2.92. The van der Waals surface area contributed by atoms with Crippen molar-refractivity contribution in [2.75, 3.05) is 20.6 Å². The van der Waals surface area contributed by atoms with Gasteiger partial charge in [-0.15, -0.1) is 0 Å². The van der Waals surface area contributed by atoms with Gasteiger partial charge in [0.05, 0.1) is 16.1 Å². The van der Waals surface area contributed by atoms with Gasteiger partial charge in [-0.3, -0.25) is 4.57 Å². The van der Waals surface area contributed by atoms with Crippen LogP contribution in [0.15, 0.2) is 42.7 Å². The van der Waals surface area contributed by atoms with Crippen LogP contribution in [0.4, 0.5) is 13.2 Å². The van der Waals surface area contributed by atoms with Crippen molar-refractivity contribution in [3.05, 3.63) is 58.9 Å². The highest BCUT2D eigenvalue weighted by atomic mass is 35.5. The monoisotopic (exact) mass is 381 g/mol. The minimum absolute atomic E-state index is 0.0274. The third kappa shape index (κ3) is 3.86. The van der Waals surface area contributed by atoms with Gasteiger partial charge in [0.2, 0.25) is 0 Å². The molecule has 2 heterocycles. The first kappa shape index (κ1) is 18.7. The summed E-state index contributed by atoms with van der Waals surface area (Å²) in [7, 11) is 4.05. The zero-order chi connectivity index (χ0) is 18.9. The molecule has 0 bridgehead atoms. The molecular weight excluding hydrogens is 363 g/mol. The quantitative estimate of drug-likeness (QED) is 0.606. The molecule has 0 aliphatic heterocycles. The molecule has 0 atom stereocenters. The van der Waals surface area contributed by atoms with E-state index in [1.807, 2.05) is 44.6 Å². The minimum Gasteiger partial charge on any atom is -0.309 e. The smallest absolute Gasteiger partial charge is 0.309 e. The Hall–Kier alpha value is -2.05. The van der Waals surface area contributed by atoms with E-state index in [0.29, 0.717) is 5.82 Å². The number of aromatic nitrogens is 2. The third-order valence-electron chi connectivity index (χ3n) is 4.22. The van der Waals surface area contributed by atoms with Gasteiger partial charge in [0.1, 0.15) is 0 Å². The summed E-state index contributed by atoms with van der Waals surface area (Å²) in [5.41, 5.74) is 1.15. The first-order valence-electron chi connectivity index (χ1n) is 8.24. The van der Waals surface area contributed by atoms with E-state index >= 15 is 0 Å². The first-order chi connectivity index (χ1) is 12.3. The topological polar surface area (TPSA) is 21.1 Å². The van der Waals surface area contributed by atoms with Crippen LogP contribution in [0.2, 0.25) is 5.02 Å². The molecule has 0 fully saturated rings. The van der Waals surface area contributed by atoms with Crippen LogP contribution < -0.4 is 0 Å². The highest BCUT2D eigenvalue weighted by Gasteiger charge is 2.31. The molecule has 0 aliphatic rings.